The average molecular weight is 374 g/mol. The van der Waals surface area contributed by atoms with Gasteiger partial charge in [-0.05, 0) is 18.2 Å². The summed E-state index contributed by atoms with van der Waals surface area (Å²) in [7, 11) is -3.64. The maximum absolute atomic E-state index is 12.8. The number of nitrogens with zero attached hydrogens (tertiary/aromatic N) is 1. The molecule has 0 aromatic heterocycles. The van der Waals surface area contributed by atoms with E-state index in [9.17, 15) is 8.42 Å². The van der Waals surface area contributed by atoms with Crippen LogP contribution in [-0.4, -0.2) is 51.1 Å². The standard InChI is InChI=1S/C12H14Cl2N2O3S.ClH/c13-8-1-2-12(9(14)5-8)20(17,18)16-3-4-19-11-7-15-6-10(11)16;/h1-2,5,10-11,15H,3-4,6-7H2;1H/t10-,11+;/m1./s1. The Morgan fingerprint density at radius 3 is 2.76 bits per heavy atom. The van der Waals surface area contributed by atoms with Gasteiger partial charge in [0.25, 0.3) is 0 Å². The van der Waals surface area contributed by atoms with Crippen LogP contribution >= 0.6 is 35.6 Å². The molecule has 21 heavy (non-hydrogen) atoms. The number of fused-ring (bicyclic) bond motifs is 1. The maximum atomic E-state index is 12.8. The Kier molecular flexibility index (Phi) is 5.41. The molecule has 2 saturated heterocycles. The van der Waals surface area contributed by atoms with Crippen molar-refractivity contribution in [3.8, 4) is 0 Å². The van der Waals surface area contributed by atoms with Crippen LogP contribution in [0.3, 0.4) is 0 Å². The van der Waals surface area contributed by atoms with E-state index in [-0.39, 0.29) is 34.5 Å². The van der Waals surface area contributed by atoms with E-state index in [1.165, 1.54) is 22.5 Å². The first-order valence-corrected chi connectivity index (χ1v) is 8.49. The summed E-state index contributed by atoms with van der Waals surface area (Å²) in [4.78, 5) is 0.0936. The Morgan fingerprint density at radius 2 is 2.05 bits per heavy atom. The summed E-state index contributed by atoms with van der Waals surface area (Å²) in [5.41, 5.74) is 0. The first-order valence-electron chi connectivity index (χ1n) is 6.29. The molecule has 2 aliphatic heterocycles. The molecule has 0 spiro atoms. The Bertz CT molecular complexity index is 626. The molecule has 5 nitrogen and oxygen atoms in total. The van der Waals surface area contributed by atoms with E-state index in [0.717, 1.165) is 0 Å². The smallest absolute Gasteiger partial charge is 0.245 e. The number of ether oxygens (including phenoxy) is 1. The van der Waals surface area contributed by atoms with Crippen molar-refractivity contribution in [2.75, 3.05) is 26.2 Å². The fourth-order valence-corrected chi connectivity index (χ4v) is 5.05. The van der Waals surface area contributed by atoms with E-state index in [1.54, 1.807) is 0 Å². The third kappa shape index (κ3) is 3.17. The van der Waals surface area contributed by atoms with Gasteiger partial charge in [0.15, 0.2) is 0 Å². The lowest BCUT2D eigenvalue weighted by Gasteiger charge is -2.36. The van der Waals surface area contributed by atoms with Gasteiger partial charge in [-0.1, -0.05) is 23.2 Å². The second-order valence-electron chi connectivity index (χ2n) is 4.83. The zero-order valence-corrected chi connectivity index (χ0v) is 14.1. The van der Waals surface area contributed by atoms with Crippen LogP contribution in [0.4, 0.5) is 0 Å². The Balaban J connectivity index is 0.00000161. The fraction of sp³-hybridized carbons (Fsp3) is 0.500. The maximum Gasteiger partial charge on any atom is 0.245 e. The molecule has 0 aliphatic carbocycles. The van der Waals surface area contributed by atoms with Crippen LogP contribution in [0.25, 0.3) is 0 Å². The van der Waals surface area contributed by atoms with Gasteiger partial charge in [-0.2, -0.15) is 4.31 Å². The number of hydrogen-bond acceptors (Lipinski definition) is 4. The highest BCUT2D eigenvalue weighted by Gasteiger charge is 2.42. The highest BCUT2D eigenvalue weighted by molar-refractivity contribution is 7.89. The molecule has 2 aliphatic rings. The zero-order valence-electron chi connectivity index (χ0n) is 11.0. The van der Waals surface area contributed by atoms with Gasteiger partial charge in [-0.3, -0.25) is 0 Å². The van der Waals surface area contributed by atoms with Crippen LogP contribution < -0.4 is 5.32 Å². The average Bonchev–Trinajstić information content (AvgIpc) is 2.85. The van der Waals surface area contributed by atoms with Gasteiger partial charge >= 0.3 is 0 Å². The van der Waals surface area contributed by atoms with E-state index in [4.69, 9.17) is 27.9 Å². The van der Waals surface area contributed by atoms with E-state index in [1.807, 2.05) is 0 Å². The first-order chi connectivity index (χ1) is 9.50. The number of rotatable bonds is 2. The highest BCUT2D eigenvalue weighted by Crippen LogP contribution is 2.31. The highest BCUT2D eigenvalue weighted by atomic mass is 35.5. The number of hydrogen-bond donors (Lipinski definition) is 1. The molecule has 0 bridgehead atoms. The SMILES string of the molecule is Cl.O=S(=O)(c1ccc(Cl)cc1Cl)N1CCO[C@H]2CNC[C@H]21. The van der Waals surface area contributed by atoms with Crippen LogP contribution in [0.2, 0.25) is 10.0 Å². The van der Waals surface area contributed by atoms with Crippen molar-refractivity contribution in [1.29, 1.82) is 0 Å². The molecule has 9 heteroatoms. The number of benzene rings is 1. The topological polar surface area (TPSA) is 58.6 Å². The normalized spacial score (nSPS) is 26.2. The number of halogens is 3. The largest absolute Gasteiger partial charge is 0.374 e. The minimum Gasteiger partial charge on any atom is -0.374 e. The van der Waals surface area contributed by atoms with Crippen molar-refractivity contribution in [1.82, 2.24) is 9.62 Å². The minimum atomic E-state index is -3.64. The summed E-state index contributed by atoms with van der Waals surface area (Å²) in [6, 6.07) is 4.25. The van der Waals surface area contributed by atoms with Crippen LogP contribution in [0.5, 0.6) is 0 Å². The van der Waals surface area contributed by atoms with Crippen molar-refractivity contribution >= 4 is 45.6 Å². The molecule has 1 N–H and O–H groups in total. The third-order valence-electron chi connectivity index (χ3n) is 3.62. The second kappa shape index (κ2) is 6.58. The Morgan fingerprint density at radius 1 is 1.29 bits per heavy atom. The van der Waals surface area contributed by atoms with Crippen LogP contribution in [-0.2, 0) is 14.8 Å². The number of sulfonamides is 1. The zero-order chi connectivity index (χ0) is 14.3. The molecule has 2 atom stereocenters. The minimum absolute atomic E-state index is 0. The van der Waals surface area contributed by atoms with Crippen molar-refractivity contribution in [3.63, 3.8) is 0 Å². The molecular formula is C12H15Cl3N2O3S. The van der Waals surface area contributed by atoms with Gasteiger partial charge < -0.3 is 10.1 Å². The van der Waals surface area contributed by atoms with E-state index < -0.39 is 10.0 Å². The summed E-state index contributed by atoms with van der Waals surface area (Å²) < 4.78 is 32.6. The summed E-state index contributed by atoms with van der Waals surface area (Å²) in [5, 5.41) is 3.71. The number of morpholine rings is 1. The Hall–Kier alpha value is -0.0800. The van der Waals surface area contributed by atoms with Crippen LogP contribution in [0, 0.1) is 0 Å². The van der Waals surface area contributed by atoms with Gasteiger partial charge in [0.05, 0.1) is 23.8 Å². The van der Waals surface area contributed by atoms with Gasteiger partial charge in [0.2, 0.25) is 10.0 Å². The molecule has 2 fully saturated rings. The van der Waals surface area contributed by atoms with E-state index in [0.29, 0.717) is 31.3 Å². The van der Waals surface area contributed by atoms with Gasteiger partial charge in [0, 0.05) is 24.7 Å². The van der Waals surface area contributed by atoms with E-state index >= 15 is 0 Å². The predicted molar refractivity (Wildman–Crippen MR) is 84.0 cm³/mol. The molecular weight excluding hydrogens is 359 g/mol. The summed E-state index contributed by atoms with van der Waals surface area (Å²) in [5.74, 6) is 0. The molecule has 0 saturated carbocycles. The lowest BCUT2D eigenvalue weighted by atomic mass is 10.2. The molecule has 0 amide bonds. The van der Waals surface area contributed by atoms with Crippen molar-refractivity contribution in [2.24, 2.45) is 0 Å². The lowest BCUT2D eigenvalue weighted by Crippen LogP contribution is -2.53. The predicted octanol–water partition coefficient (Wildman–Crippen LogP) is 1.78. The van der Waals surface area contributed by atoms with Crippen molar-refractivity contribution in [3.05, 3.63) is 28.2 Å². The molecule has 2 heterocycles. The summed E-state index contributed by atoms with van der Waals surface area (Å²) in [6.07, 6.45) is -0.0930. The quantitative estimate of drug-likeness (QED) is 0.858. The molecule has 0 unspecified atom stereocenters. The van der Waals surface area contributed by atoms with Gasteiger partial charge in [-0.25, -0.2) is 8.42 Å². The summed E-state index contributed by atoms with van der Waals surface area (Å²) in [6.45, 7) is 2.00. The monoisotopic (exact) mass is 372 g/mol. The van der Waals surface area contributed by atoms with Crippen LogP contribution in [0.1, 0.15) is 0 Å². The molecule has 118 valence electrons. The molecule has 3 rings (SSSR count). The molecule has 1 aromatic rings. The van der Waals surface area contributed by atoms with Gasteiger partial charge in [0.1, 0.15) is 4.90 Å². The van der Waals surface area contributed by atoms with Crippen LogP contribution in [0.15, 0.2) is 23.1 Å². The lowest BCUT2D eigenvalue weighted by molar-refractivity contribution is -0.0149. The molecule has 0 radical (unpaired) electrons. The fourth-order valence-electron chi connectivity index (χ4n) is 2.67. The second-order valence-corrected chi connectivity index (χ2v) is 7.53. The number of nitrogens with one attached hydrogen (secondary N) is 1. The Labute approximate surface area is 140 Å². The third-order valence-corrected chi connectivity index (χ3v) is 6.26. The van der Waals surface area contributed by atoms with Crippen molar-refractivity contribution < 1.29 is 13.2 Å². The summed E-state index contributed by atoms with van der Waals surface area (Å²) >= 11 is 11.9. The van der Waals surface area contributed by atoms with E-state index in [2.05, 4.69) is 5.32 Å². The van der Waals surface area contributed by atoms with Crippen molar-refractivity contribution in [2.45, 2.75) is 17.0 Å². The first kappa shape index (κ1) is 17.3. The van der Waals surface area contributed by atoms with Gasteiger partial charge in [-0.15, -0.1) is 12.4 Å². The molecule has 1 aromatic carbocycles.